The van der Waals surface area contributed by atoms with Gasteiger partial charge in [-0.05, 0) is 43.9 Å². The van der Waals surface area contributed by atoms with Crippen molar-refractivity contribution in [3.63, 3.8) is 0 Å². The predicted molar refractivity (Wildman–Crippen MR) is 101 cm³/mol. The third-order valence-corrected chi connectivity index (χ3v) is 4.13. The van der Waals surface area contributed by atoms with E-state index in [2.05, 4.69) is 10.1 Å². The van der Waals surface area contributed by atoms with Gasteiger partial charge in [-0.1, -0.05) is 26.0 Å². The van der Waals surface area contributed by atoms with Crippen LogP contribution in [0.4, 0.5) is 13.2 Å². The molecule has 0 saturated carbocycles. The van der Waals surface area contributed by atoms with E-state index < -0.39 is 6.36 Å². The molecule has 0 saturated heterocycles. The van der Waals surface area contributed by atoms with E-state index in [1.54, 1.807) is 6.92 Å². The fourth-order valence-electron chi connectivity index (χ4n) is 2.81. The second-order valence-electron chi connectivity index (χ2n) is 6.64. The molecule has 1 unspecified atom stereocenters. The Bertz CT molecular complexity index is 612. The second-order valence-corrected chi connectivity index (χ2v) is 6.64. The standard InChI is InChI=1S/C20H29F3N2O3/c1-4-13-25(14-5-2)19(27)8-6-7-18(26)24-15(3)16-9-11-17(12-10-16)28-20(21,22)23/h9-12,15H,4-8,13-14H2,1-3H3,(H,24,26). The second kappa shape index (κ2) is 11.6. The predicted octanol–water partition coefficient (Wildman–Crippen LogP) is 4.58. The minimum absolute atomic E-state index is 0.0600. The molecule has 28 heavy (non-hydrogen) atoms. The number of nitrogens with one attached hydrogen (secondary N) is 1. The number of carbonyl (C=O) groups excluding carboxylic acids is 2. The largest absolute Gasteiger partial charge is 0.573 e. The molecule has 0 aliphatic rings. The molecule has 8 heteroatoms. The first-order valence-corrected chi connectivity index (χ1v) is 9.59. The summed E-state index contributed by atoms with van der Waals surface area (Å²) in [5.41, 5.74) is 0.663. The Morgan fingerprint density at radius 2 is 1.64 bits per heavy atom. The van der Waals surface area contributed by atoms with Gasteiger partial charge < -0.3 is 15.0 Å². The van der Waals surface area contributed by atoms with E-state index in [1.807, 2.05) is 18.7 Å². The Labute approximate surface area is 164 Å². The summed E-state index contributed by atoms with van der Waals surface area (Å²) in [7, 11) is 0. The third-order valence-electron chi connectivity index (χ3n) is 4.13. The molecule has 1 atom stereocenters. The number of ether oxygens (including phenoxy) is 1. The Balaban J connectivity index is 2.43. The fourth-order valence-corrected chi connectivity index (χ4v) is 2.81. The Morgan fingerprint density at radius 1 is 1.07 bits per heavy atom. The number of benzene rings is 1. The van der Waals surface area contributed by atoms with Gasteiger partial charge in [0.1, 0.15) is 5.75 Å². The van der Waals surface area contributed by atoms with Crippen LogP contribution in [0.3, 0.4) is 0 Å². The summed E-state index contributed by atoms with van der Waals surface area (Å²) >= 11 is 0. The van der Waals surface area contributed by atoms with Crippen LogP contribution in [0, 0.1) is 0 Å². The van der Waals surface area contributed by atoms with Gasteiger partial charge in [-0.15, -0.1) is 13.2 Å². The smallest absolute Gasteiger partial charge is 0.406 e. The van der Waals surface area contributed by atoms with Crippen LogP contribution in [0.5, 0.6) is 5.75 Å². The normalized spacial score (nSPS) is 12.4. The van der Waals surface area contributed by atoms with Crippen LogP contribution in [0.1, 0.15) is 64.5 Å². The molecule has 0 radical (unpaired) electrons. The van der Waals surface area contributed by atoms with Crippen molar-refractivity contribution in [1.82, 2.24) is 10.2 Å². The van der Waals surface area contributed by atoms with E-state index in [9.17, 15) is 22.8 Å². The number of alkyl halides is 3. The Kier molecular flexibility index (Phi) is 9.82. The summed E-state index contributed by atoms with van der Waals surface area (Å²) in [4.78, 5) is 26.1. The van der Waals surface area contributed by atoms with Crippen LogP contribution in [0.25, 0.3) is 0 Å². The van der Waals surface area contributed by atoms with E-state index in [0.717, 1.165) is 25.9 Å². The minimum atomic E-state index is -4.73. The summed E-state index contributed by atoms with van der Waals surface area (Å²) in [6.45, 7) is 7.24. The number of rotatable bonds is 11. The van der Waals surface area contributed by atoms with Crippen LogP contribution in [-0.4, -0.2) is 36.2 Å². The topological polar surface area (TPSA) is 58.6 Å². The highest BCUT2D eigenvalue weighted by molar-refractivity contribution is 5.79. The highest BCUT2D eigenvalue weighted by atomic mass is 19.4. The monoisotopic (exact) mass is 402 g/mol. The van der Waals surface area contributed by atoms with Gasteiger partial charge in [0.15, 0.2) is 0 Å². The first-order valence-electron chi connectivity index (χ1n) is 9.59. The van der Waals surface area contributed by atoms with E-state index in [0.29, 0.717) is 18.4 Å². The molecule has 0 aliphatic carbocycles. The molecular formula is C20H29F3N2O3. The number of amides is 2. The third kappa shape index (κ3) is 9.10. The summed E-state index contributed by atoms with van der Waals surface area (Å²) in [5, 5.41) is 2.79. The number of halogens is 3. The molecule has 0 fully saturated rings. The highest BCUT2D eigenvalue weighted by Crippen LogP contribution is 2.24. The zero-order chi connectivity index (χ0) is 21.2. The molecule has 158 valence electrons. The van der Waals surface area contributed by atoms with Crippen molar-refractivity contribution in [2.24, 2.45) is 0 Å². The van der Waals surface area contributed by atoms with E-state index in [-0.39, 0.29) is 30.0 Å². The SMILES string of the molecule is CCCN(CCC)C(=O)CCCC(=O)NC(C)c1ccc(OC(F)(F)F)cc1. The van der Waals surface area contributed by atoms with Crippen molar-refractivity contribution >= 4 is 11.8 Å². The molecule has 0 heterocycles. The average Bonchev–Trinajstić information content (AvgIpc) is 2.60. The molecule has 5 nitrogen and oxygen atoms in total. The molecule has 1 aromatic rings. The van der Waals surface area contributed by atoms with E-state index in [1.165, 1.54) is 24.3 Å². The van der Waals surface area contributed by atoms with Gasteiger partial charge in [0, 0.05) is 25.9 Å². The summed E-state index contributed by atoms with van der Waals surface area (Å²) in [6, 6.07) is 5.01. The zero-order valence-electron chi connectivity index (χ0n) is 16.6. The Hall–Kier alpha value is -2.25. The average molecular weight is 402 g/mol. The molecule has 0 aromatic heterocycles. The molecule has 0 spiro atoms. The van der Waals surface area contributed by atoms with Gasteiger partial charge in [-0.2, -0.15) is 0 Å². The molecule has 1 rings (SSSR count). The van der Waals surface area contributed by atoms with Gasteiger partial charge in [0.25, 0.3) is 0 Å². The maximum atomic E-state index is 12.2. The molecule has 2 amide bonds. The lowest BCUT2D eigenvalue weighted by molar-refractivity contribution is -0.274. The van der Waals surface area contributed by atoms with Crippen LogP contribution in [-0.2, 0) is 9.59 Å². The van der Waals surface area contributed by atoms with Crippen molar-refractivity contribution in [3.8, 4) is 5.75 Å². The van der Waals surface area contributed by atoms with Crippen molar-refractivity contribution in [2.45, 2.75) is 65.3 Å². The molecule has 1 aromatic carbocycles. The lowest BCUT2D eigenvalue weighted by atomic mass is 10.1. The number of nitrogens with zero attached hydrogens (tertiary/aromatic N) is 1. The van der Waals surface area contributed by atoms with Crippen molar-refractivity contribution in [2.75, 3.05) is 13.1 Å². The molecule has 0 aliphatic heterocycles. The van der Waals surface area contributed by atoms with Crippen LogP contribution in [0.15, 0.2) is 24.3 Å². The van der Waals surface area contributed by atoms with Crippen LogP contribution in [0.2, 0.25) is 0 Å². The van der Waals surface area contributed by atoms with Gasteiger partial charge >= 0.3 is 6.36 Å². The van der Waals surface area contributed by atoms with Crippen LogP contribution >= 0.6 is 0 Å². The molecular weight excluding hydrogens is 373 g/mol. The minimum Gasteiger partial charge on any atom is -0.406 e. The van der Waals surface area contributed by atoms with Crippen molar-refractivity contribution < 1.29 is 27.5 Å². The van der Waals surface area contributed by atoms with Gasteiger partial charge in [-0.3, -0.25) is 9.59 Å². The lowest BCUT2D eigenvalue weighted by Crippen LogP contribution is -2.32. The number of carbonyl (C=O) groups is 2. The quantitative estimate of drug-likeness (QED) is 0.589. The molecule has 0 bridgehead atoms. The number of hydrogen-bond donors (Lipinski definition) is 1. The van der Waals surface area contributed by atoms with E-state index in [4.69, 9.17) is 0 Å². The van der Waals surface area contributed by atoms with Gasteiger partial charge in [-0.25, -0.2) is 0 Å². The summed E-state index contributed by atoms with van der Waals surface area (Å²) in [6.07, 6.45) is -1.93. The Morgan fingerprint density at radius 3 is 2.14 bits per heavy atom. The first kappa shape index (κ1) is 23.8. The molecule has 1 N–H and O–H groups in total. The van der Waals surface area contributed by atoms with Crippen LogP contribution < -0.4 is 10.1 Å². The van der Waals surface area contributed by atoms with E-state index >= 15 is 0 Å². The highest BCUT2D eigenvalue weighted by Gasteiger charge is 2.31. The van der Waals surface area contributed by atoms with Gasteiger partial charge in [0.2, 0.25) is 11.8 Å². The lowest BCUT2D eigenvalue weighted by Gasteiger charge is -2.21. The maximum Gasteiger partial charge on any atom is 0.573 e. The fraction of sp³-hybridized carbons (Fsp3) is 0.600. The maximum absolute atomic E-state index is 12.2. The van der Waals surface area contributed by atoms with Crippen molar-refractivity contribution in [3.05, 3.63) is 29.8 Å². The zero-order valence-corrected chi connectivity index (χ0v) is 16.6. The van der Waals surface area contributed by atoms with Crippen molar-refractivity contribution in [1.29, 1.82) is 0 Å². The first-order chi connectivity index (χ1) is 13.2. The van der Waals surface area contributed by atoms with Gasteiger partial charge in [0.05, 0.1) is 6.04 Å². The number of hydrogen-bond acceptors (Lipinski definition) is 3. The summed E-state index contributed by atoms with van der Waals surface area (Å²) in [5.74, 6) is -0.449. The summed E-state index contributed by atoms with van der Waals surface area (Å²) < 4.78 is 40.4.